The van der Waals surface area contributed by atoms with Crippen LogP contribution in [0.3, 0.4) is 0 Å². The normalized spacial score (nSPS) is 30.8. The Bertz CT molecular complexity index is 141. The van der Waals surface area contributed by atoms with Crippen molar-refractivity contribution in [1.82, 2.24) is 0 Å². The summed E-state index contributed by atoms with van der Waals surface area (Å²) in [5, 5.41) is 0. The van der Waals surface area contributed by atoms with Crippen LogP contribution < -0.4 is 0 Å². The van der Waals surface area contributed by atoms with Crippen molar-refractivity contribution in [2.75, 3.05) is 0 Å². The summed E-state index contributed by atoms with van der Waals surface area (Å²) in [6.07, 6.45) is 13.0. The van der Waals surface area contributed by atoms with Crippen molar-refractivity contribution in [2.24, 2.45) is 5.92 Å². The Morgan fingerprint density at radius 3 is 2.00 bits per heavy atom. The Labute approximate surface area is 81.5 Å². The maximum Gasteiger partial charge on any atom is 0.0158 e. The molecule has 70 valence electrons. The predicted octanol–water partition coefficient (Wildman–Crippen LogP) is 3.81. The number of hydrogen-bond donors (Lipinski definition) is 1. The van der Waals surface area contributed by atoms with E-state index in [0.29, 0.717) is 4.75 Å². The molecular weight excluding hydrogens is 164 g/mol. The molecule has 0 radical (unpaired) electrons. The second-order valence-electron chi connectivity index (χ2n) is 4.65. The SMILES string of the molecule is SC1(C2CCCCC2)CCCC1. The molecule has 0 aromatic rings. The lowest BCUT2D eigenvalue weighted by molar-refractivity contribution is 0.282. The van der Waals surface area contributed by atoms with E-state index in [1.165, 1.54) is 57.8 Å². The highest BCUT2D eigenvalue weighted by Gasteiger charge is 2.37. The molecule has 0 saturated heterocycles. The summed E-state index contributed by atoms with van der Waals surface area (Å²) in [6, 6.07) is 0. The van der Waals surface area contributed by atoms with Gasteiger partial charge in [0.05, 0.1) is 0 Å². The van der Waals surface area contributed by atoms with Crippen LogP contribution in [0.5, 0.6) is 0 Å². The van der Waals surface area contributed by atoms with E-state index >= 15 is 0 Å². The van der Waals surface area contributed by atoms with E-state index in [4.69, 9.17) is 12.6 Å². The summed E-state index contributed by atoms with van der Waals surface area (Å²) in [5.74, 6) is 0.956. The van der Waals surface area contributed by atoms with Crippen molar-refractivity contribution >= 4 is 12.6 Å². The molecule has 0 aromatic heterocycles. The van der Waals surface area contributed by atoms with Crippen LogP contribution in [0.4, 0.5) is 0 Å². The molecule has 2 saturated carbocycles. The first-order chi connectivity index (χ1) is 5.81. The molecule has 0 aliphatic heterocycles. The quantitative estimate of drug-likeness (QED) is 0.589. The van der Waals surface area contributed by atoms with Crippen molar-refractivity contribution in [2.45, 2.75) is 62.5 Å². The minimum Gasteiger partial charge on any atom is -0.172 e. The van der Waals surface area contributed by atoms with Crippen LogP contribution in [0.15, 0.2) is 0 Å². The fourth-order valence-electron chi connectivity index (χ4n) is 3.04. The average Bonchev–Trinajstić information content (AvgIpc) is 2.55. The van der Waals surface area contributed by atoms with E-state index in [0.717, 1.165) is 5.92 Å². The van der Waals surface area contributed by atoms with Crippen molar-refractivity contribution in [3.63, 3.8) is 0 Å². The predicted molar refractivity (Wildman–Crippen MR) is 56.8 cm³/mol. The van der Waals surface area contributed by atoms with Crippen LogP contribution in [-0.2, 0) is 0 Å². The highest BCUT2D eigenvalue weighted by atomic mass is 32.1. The zero-order valence-corrected chi connectivity index (χ0v) is 8.78. The van der Waals surface area contributed by atoms with Gasteiger partial charge >= 0.3 is 0 Å². The largest absolute Gasteiger partial charge is 0.172 e. The maximum atomic E-state index is 4.92. The van der Waals surface area contributed by atoms with Gasteiger partial charge in [-0.2, -0.15) is 12.6 Å². The van der Waals surface area contributed by atoms with E-state index in [2.05, 4.69) is 0 Å². The van der Waals surface area contributed by atoms with Gasteiger partial charge in [0.2, 0.25) is 0 Å². The van der Waals surface area contributed by atoms with E-state index in [1.807, 2.05) is 0 Å². The van der Waals surface area contributed by atoms with Crippen LogP contribution in [0, 0.1) is 5.92 Å². The molecule has 0 unspecified atom stereocenters. The third-order valence-electron chi connectivity index (χ3n) is 3.83. The van der Waals surface area contributed by atoms with E-state index in [-0.39, 0.29) is 0 Å². The third kappa shape index (κ3) is 1.66. The van der Waals surface area contributed by atoms with Crippen molar-refractivity contribution in [3.05, 3.63) is 0 Å². The first-order valence-electron chi connectivity index (χ1n) is 5.54. The molecule has 0 heterocycles. The summed E-state index contributed by atoms with van der Waals surface area (Å²) >= 11 is 4.92. The Morgan fingerprint density at radius 1 is 0.833 bits per heavy atom. The van der Waals surface area contributed by atoms with E-state index in [1.54, 1.807) is 0 Å². The second-order valence-corrected chi connectivity index (χ2v) is 5.54. The van der Waals surface area contributed by atoms with Crippen molar-refractivity contribution in [3.8, 4) is 0 Å². The minimum atomic E-state index is 0.459. The monoisotopic (exact) mass is 184 g/mol. The Balaban J connectivity index is 1.96. The van der Waals surface area contributed by atoms with Gasteiger partial charge in [0.1, 0.15) is 0 Å². The summed E-state index contributed by atoms with van der Waals surface area (Å²) in [7, 11) is 0. The molecule has 0 atom stereocenters. The van der Waals surface area contributed by atoms with E-state index in [9.17, 15) is 0 Å². The van der Waals surface area contributed by atoms with Gasteiger partial charge in [-0.3, -0.25) is 0 Å². The van der Waals surface area contributed by atoms with Crippen LogP contribution in [0.2, 0.25) is 0 Å². The average molecular weight is 184 g/mol. The molecule has 0 bridgehead atoms. The lowest BCUT2D eigenvalue weighted by Crippen LogP contribution is -2.30. The van der Waals surface area contributed by atoms with Crippen molar-refractivity contribution in [1.29, 1.82) is 0 Å². The summed E-state index contributed by atoms with van der Waals surface area (Å²) in [6.45, 7) is 0. The van der Waals surface area contributed by atoms with Gasteiger partial charge in [-0.25, -0.2) is 0 Å². The van der Waals surface area contributed by atoms with Gasteiger partial charge in [-0.1, -0.05) is 32.1 Å². The van der Waals surface area contributed by atoms with Crippen LogP contribution in [0.25, 0.3) is 0 Å². The summed E-state index contributed by atoms with van der Waals surface area (Å²) in [5.41, 5.74) is 0. The van der Waals surface area contributed by atoms with E-state index < -0.39 is 0 Å². The van der Waals surface area contributed by atoms with Gasteiger partial charge < -0.3 is 0 Å². The maximum absolute atomic E-state index is 4.92. The molecule has 2 fully saturated rings. The van der Waals surface area contributed by atoms with Gasteiger partial charge in [0.25, 0.3) is 0 Å². The number of rotatable bonds is 1. The van der Waals surface area contributed by atoms with Crippen LogP contribution in [-0.4, -0.2) is 4.75 Å². The Hall–Kier alpha value is 0.350. The second kappa shape index (κ2) is 3.61. The molecule has 2 aliphatic rings. The lowest BCUT2D eigenvalue weighted by Gasteiger charge is -2.35. The zero-order chi connectivity index (χ0) is 8.44. The molecule has 12 heavy (non-hydrogen) atoms. The van der Waals surface area contributed by atoms with Crippen LogP contribution in [0.1, 0.15) is 57.8 Å². The summed E-state index contributed by atoms with van der Waals surface area (Å²) in [4.78, 5) is 0. The molecule has 0 N–H and O–H groups in total. The van der Waals surface area contributed by atoms with Gasteiger partial charge in [0, 0.05) is 4.75 Å². The topological polar surface area (TPSA) is 0 Å². The van der Waals surface area contributed by atoms with Crippen molar-refractivity contribution < 1.29 is 0 Å². The van der Waals surface area contributed by atoms with Gasteiger partial charge in [-0.15, -0.1) is 0 Å². The molecule has 0 amide bonds. The molecule has 1 heteroatoms. The molecule has 2 rings (SSSR count). The van der Waals surface area contributed by atoms with Crippen LogP contribution >= 0.6 is 12.6 Å². The Kier molecular flexibility index (Phi) is 2.69. The smallest absolute Gasteiger partial charge is 0.0158 e. The highest BCUT2D eigenvalue weighted by Crippen LogP contribution is 2.46. The fourth-order valence-corrected chi connectivity index (χ4v) is 3.61. The Morgan fingerprint density at radius 2 is 1.42 bits per heavy atom. The summed E-state index contributed by atoms with van der Waals surface area (Å²) < 4.78 is 0.459. The molecule has 0 spiro atoms. The molecule has 2 aliphatic carbocycles. The number of thiol groups is 1. The standard InChI is InChI=1S/C11H20S/c12-11(8-4-5-9-11)10-6-2-1-3-7-10/h10,12H,1-9H2. The van der Waals surface area contributed by atoms with Gasteiger partial charge in [0.15, 0.2) is 0 Å². The highest BCUT2D eigenvalue weighted by molar-refractivity contribution is 7.81. The molecule has 0 aromatic carbocycles. The zero-order valence-electron chi connectivity index (χ0n) is 7.89. The number of hydrogen-bond acceptors (Lipinski definition) is 1. The van der Waals surface area contributed by atoms with Gasteiger partial charge in [-0.05, 0) is 31.6 Å². The first kappa shape index (κ1) is 8.93. The lowest BCUT2D eigenvalue weighted by atomic mass is 9.78. The molecule has 0 nitrogen and oxygen atoms in total. The third-order valence-corrected chi connectivity index (χ3v) is 4.65. The first-order valence-corrected chi connectivity index (χ1v) is 5.98. The molecular formula is C11H20S. The fraction of sp³-hybridized carbons (Fsp3) is 1.00. The minimum absolute atomic E-state index is 0.459.